The van der Waals surface area contributed by atoms with Gasteiger partial charge in [0.1, 0.15) is 5.60 Å². The van der Waals surface area contributed by atoms with Crippen LogP contribution in [0, 0.1) is 0 Å². The van der Waals surface area contributed by atoms with E-state index in [4.69, 9.17) is 18.9 Å². The Morgan fingerprint density at radius 2 is 1.89 bits per heavy atom. The molecular weight excluding hydrogens is 350 g/mol. The van der Waals surface area contributed by atoms with Crippen LogP contribution in [0.25, 0.3) is 5.57 Å². The molecule has 1 atom stereocenters. The number of hydrogen-bond donors (Lipinski definition) is 0. The standard InChI is InChI=1S/C20H27NO6/c1-7-26-17-11-13(8-9-16(17)24-5)14-10-15(18(22)25-6)21(12-14)19(23)27-20(2,3)4/h8-11,15H,7,12H2,1-6H3/t15-/m1/s1. The molecule has 1 aromatic rings. The molecule has 7 heteroatoms. The summed E-state index contributed by atoms with van der Waals surface area (Å²) in [5.74, 6) is 0.700. The van der Waals surface area contributed by atoms with Gasteiger partial charge in [-0.2, -0.15) is 0 Å². The van der Waals surface area contributed by atoms with Gasteiger partial charge in [-0.3, -0.25) is 4.90 Å². The summed E-state index contributed by atoms with van der Waals surface area (Å²) in [5.41, 5.74) is 0.974. The van der Waals surface area contributed by atoms with E-state index in [2.05, 4.69) is 0 Å². The summed E-state index contributed by atoms with van der Waals surface area (Å²) in [6.07, 6.45) is 1.15. The summed E-state index contributed by atoms with van der Waals surface area (Å²) in [7, 11) is 2.87. The Bertz CT molecular complexity index is 734. The van der Waals surface area contributed by atoms with E-state index in [0.29, 0.717) is 18.1 Å². The molecule has 1 amide bonds. The van der Waals surface area contributed by atoms with Crippen LogP contribution < -0.4 is 9.47 Å². The molecule has 1 aliphatic rings. The average molecular weight is 377 g/mol. The van der Waals surface area contributed by atoms with E-state index in [0.717, 1.165) is 11.1 Å². The third-order valence-corrected chi connectivity index (χ3v) is 3.94. The predicted octanol–water partition coefficient (Wildman–Crippen LogP) is 3.27. The zero-order valence-corrected chi connectivity index (χ0v) is 16.7. The number of hydrogen-bond acceptors (Lipinski definition) is 6. The Morgan fingerprint density at radius 1 is 1.19 bits per heavy atom. The van der Waals surface area contributed by atoms with Gasteiger partial charge in [-0.05, 0) is 57.0 Å². The van der Waals surface area contributed by atoms with Gasteiger partial charge in [-0.1, -0.05) is 6.07 Å². The van der Waals surface area contributed by atoms with Crippen LogP contribution in [0.4, 0.5) is 4.79 Å². The molecule has 0 aromatic heterocycles. The van der Waals surface area contributed by atoms with Crippen molar-refractivity contribution in [3.05, 3.63) is 29.8 Å². The van der Waals surface area contributed by atoms with Gasteiger partial charge in [0, 0.05) is 0 Å². The second-order valence-corrected chi connectivity index (χ2v) is 7.07. The largest absolute Gasteiger partial charge is 0.493 e. The van der Waals surface area contributed by atoms with Gasteiger partial charge in [0.15, 0.2) is 17.5 Å². The molecule has 0 bridgehead atoms. The fourth-order valence-electron chi connectivity index (χ4n) is 2.76. The highest BCUT2D eigenvalue weighted by Gasteiger charge is 2.37. The molecule has 0 N–H and O–H groups in total. The number of rotatable bonds is 5. The van der Waals surface area contributed by atoms with Crippen LogP contribution in [-0.2, 0) is 14.3 Å². The normalized spacial score (nSPS) is 16.6. The number of carbonyl (C=O) groups excluding carboxylic acids is 2. The average Bonchev–Trinajstić information content (AvgIpc) is 3.05. The van der Waals surface area contributed by atoms with Crippen molar-refractivity contribution in [1.82, 2.24) is 4.90 Å². The first-order valence-electron chi connectivity index (χ1n) is 8.79. The first-order valence-corrected chi connectivity index (χ1v) is 8.79. The number of nitrogens with zero attached hydrogens (tertiary/aromatic N) is 1. The van der Waals surface area contributed by atoms with Gasteiger partial charge in [-0.25, -0.2) is 9.59 Å². The zero-order valence-electron chi connectivity index (χ0n) is 16.7. The minimum Gasteiger partial charge on any atom is -0.493 e. The van der Waals surface area contributed by atoms with Crippen LogP contribution in [0.3, 0.4) is 0 Å². The Kier molecular flexibility index (Phi) is 6.36. The molecule has 27 heavy (non-hydrogen) atoms. The molecule has 2 rings (SSSR count). The Hall–Kier alpha value is -2.70. The van der Waals surface area contributed by atoms with E-state index in [-0.39, 0.29) is 6.54 Å². The number of ether oxygens (including phenoxy) is 4. The fourth-order valence-corrected chi connectivity index (χ4v) is 2.76. The lowest BCUT2D eigenvalue weighted by atomic mass is 10.1. The molecule has 1 heterocycles. The van der Waals surface area contributed by atoms with Crippen molar-refractivity contribution in [3.63, 3.8) is 0 Å². The molecule has 0 saturated heterocycles. The molecule has 0 unspecified atom stereocenters. The minimum absolute atomic E-state index is 0.229. The van der Waals surface area contributed by atoms with E-state index in [9.17, 15) is 9.59 Å². The van der Waals surface area contributed by atoms with Crippen LogP contribution in [0.5, 0.6) is 11.5 Å². The van der Waals surface area contributed by atoms with Crippen molar-refractivity contribution in [2.75, 3.05) is 27.4 Å². The monoisotopic (exact) mass is 377 g/mol. The summed E-state index contributed by atoms with van der Waals surface area (Å²) < 4.78 is 21.2. The molecule has 148 valence electrons. The van der Waals surface area contributed by atoms with E-state index in [1.807, 2.05) is 19.1 Å². The SMILES string of the molecule is CCOc1cc(C2=C[C@H](C(=O)OC)N(C(=O)OC(C)(C)C)C2)ccc1OC. The lowest BCUT2D eigenvalue weighted by Crippen LogP contribution is -2.44. The Labute approximate surface area is 159 Å². The van der Waals surface area contributed by atoms with E-state index >= 15 is 0 Å². The van der Waals surface area contributed by atoms with Gasteiger partial charge < -0.3 is 18.9 Å². The molecule has 0 radical (unpaired) electrons. The molecule has 1 aromatic carbocycles. The quantitative estimate of drug-likeness (QED) is 0.733. The summed E-state index contributed by atoms with van der Waals surface area (Å²) >= 11 is 0. The van der Waals surface area contributed by atoms with Crippen molar-refractivity contribution in [2.24, 2.45) is 0 Å². The van der Waals surface area contributed by atoms with Crippen LogP contribution in [0.15, 0.2) is 24.3 Å². The summed E-state index contributed by atoms with van der Waals surface area (Å²) in [4.78, 5) is 26.1. The van der Waals surface area contributed by atoms with E-state index in [1.165, 1.54) is 12.0 Å². The van der Waals surface area contributed by atoms with Gasteiger partial charge in [0.05, 0.1) is 27.4 Å². The van der Waals surface area contributed by atoms with Gasteiger partial charge in [0.25, 0.3) is 0 Å². The minimum atomic E-state index is -0.836. The number of carbonyl (C=O) groups is 2. The topological polar surface area (TPSA) is 74.3 Å². The molecule has 1 aliphatic heterocycles. The highest BCUT2D eigenvalue weighted by molar-refractivity contribution is 5.90. The van der Waals surface area contributed by atoms with Crippen molar-refractivity contribution < 1.29 is 28.5 Å². The molecule has 0 saturated carbocycles. The molecule has 0 fully saturated rings. The fraction of sp³-hybridized carbons (Fsp3) is 0.500. The first kappa shape index (κ1) is 20.6. The number of esters is 1. The maximum atomic E-state index is 12.6. The number of methoxy groups -OCH3 is 2. The second kappa shape index (κ2) is 8.33. The lowest BCUT2D eigenvalue weighted by Gasteiger charge is -2.27. The highest BCUT2D eigenvalue weighted by Crippen LogP contribution is 2.34. The molecule has 0 aliphatic carbocycles. The zero-order chi connectivity index (χ0) is 20.2. The van der Waals surface area contributed by atoms with Gasteiger partial charge in [0.2, 0.25) is 0 Å². The van der Waals surface area contributed by atoms with Crippen molar-refractivity contribution >= 4 is 17.6 Å². The van der Waals surface area contributed by atoms with E-state index < -0.39 is 23.7 Å². The second-order valence-electron chi connectivity index (χ2n) is 7.07. The maximum Gasteiger partial charge on any atom is 0.411 e. The van der Waals surface area contributed by atoms with Crippen molar-refractivity contribution in [2.45, 2.75) is 39.3 Å². The number of benzene rings is 1. The first-order chi connectivity index (χ1) is 12.7. The summed E-state index contributed by atoms with van der Waals surface area (Å²) in [6, 6.07) is 4.66. The summed E-state index contributed by atoms with van der Waals surface area (Å²) in [6.45, 7) is 7.94. The van der Waals surface area contributed by atoms with Crippen molar-refractivity contribution in [3.8, 4) is 11.5 Å². The maximum absolute atomic E-state index is 12.6. The lowest BCUT2D eigenvalue weighted by molar-refractivity contribution is -0.144. The van der Waals surface area contributed by atoms with Gasteiger partial charge in [-0.15, -0.1) is 0 Å². The summed E-state index contributed by atoms with van der Waals surface area (Å²) in [5, 5.41) is 0. The molecular formula is C20H27NO6. The van der Waals surface area contributed by atoms with Crippen LogP contribution in [-0.4, -0.2) is 56.0 Å². The highest BCUT2D eigenvalue weighted by atomic mass is 16.6. The Morgan fingerprint density at radius 3 is 2.44 bits per heavy atom. The third-order valence-electron chi connectivity index (χ3n) is 3.94. The third kappa shape index (κ3) is 4.93. The van der Waals surface area contributed by atoms with E-state index in [1.54, 1.807) is 40.0 Å². The van der Waals surface area contributed by atoms with Crippen molar-refractivity contribution in [1.29, 1.82) is 0 Å². The smallest absolute Gasteiger partial charge is 0.411 e. The number of amides is 1. The van der Waals surface area contributed by atoms with Crippen LogP contribution in [0.2, 0.25) is 0 Å². The van der Waals surface area contributed by atoms with Gasteiger partial charge >= 0.3 is 12.1 Å². The molecule has 7 nitrogen and oxygen atoms in total. The van der Waals surface area contributed by atoms with Crippen LogP contribution >= 0.6 is 0 Å². The molecule has 0 spiro atoms. The van der Waals surface area contributed by atoms with Crippen LogP contribution in [0.1, 0.15) is 33.3 Å². The predicted molar refractivity (Wildman–Crippen MR) is 101 cm³/mol. The Balaban J connectivity index is 2.33.